The van der Waals surface area contributed by atoms with Gasteiger partial charge in [-0.2, -0.15) is 0 Å². The third kappa shape index (κ3) is 5.92. The zero-order chi connectivity index (χ0) is 16.5. The molecule has 0 bridgehead atoms. The van der Waals surface area contributed by atoms with Crippen LogP contribution in [0.3, 0.4) is 0 Å². The Morgan fingerprint density at radius 1 is 0.957 bits per heavy atom. The Hall–Kier alpha value is -1.45. The van der Waals surface area contributed by atoms with Gasteiger partial charge in [0.2, 0.25) is 6.43 Å². The second kappa shape index (κ2) is 9.64. The minimum atomic E-state index is -2.15. The molecule has 0 unspecified atom stereocenters. The average Bonchev–Trinajstić information content (AvgIpc) is 2.91. The van der Waals surface area contributed by atoms with Gasteiger partial charge in [-0.15, -0.1) is 0 Å². The molecule has 1 aromatic rings. The summed E-state index contributed by atoms with van der Waals surface area (Å²) in [6.07, 6.45) is 6.20. The number of carbonyl (C=O) groups is 1. The van der Waals surface area contributed by atoms with E-state index in [0.717, 1.165) is 61.8 Å². The normalized spacial score (nSPS) is 13.6. The van der Waals surface area contributed by atoms with Gasteiger partial charge in [0, 0.05) is 24.0 Å². The minimum absolute atomic E-state index is 0.0394. The first-order chi connectivity index (χ1) is 11.2. The van der Waals surface area contributed by atoms with Crippen LogP contribution < -0.4 is 4.74 Å². The zero-order valence-corrected chi connectivity index (χ0v) is 13.7. The maximum Gasteiger partial charge on any atom is 0.238 e. The number of halogens is 2. The number of rotatable bonds is 11. The summed E-state index contributed by atoms with van der Waals surface area (Å²) in [5.41, 5.74) is 1.89. The molecular formula is C19H26F2O2. The van der Waals surface area contributed by atoms with Crippen LogP contribution in [0.4, 0.5) is 8.78 Å². The molecule has 0 spiro atoms. The van der Waals surface area contributed by atoms with Crippen LogP contribution in [0.5, 0.6) is 5.75 Å². The molecule has 2 nitrogen and oxygen atoms in total. The lowest BCUT2D eigenvalue weighted by atomic mass is 10.1. The van der Waals surface area contributed by atoms with Crippen molar-refractivity contribution in [2.45, 2.75) is 70.6 Å². The topological polar surface area (TPSA) is 26.3 Å². The highest BCUT2D eigenvalue weighted by Gasteiger charge is 2.22. The van der Waals surface area contributed by atoms with Crippen LogP contribution in [0.15, 0.2) is 18.2 Å². The molecule has 0 saturated carbocycles. The molecule has 1 aliphatic rings. The minimum Gasteiger partial charge on any atom is -0.493 e. The van der Waals surface area contributed by atoms with E-state index in [-0.39, 0.29) is 12.2 Å². The molecule has 0 N–H and O–H groups in total. The van der Waals surface area contributed by atoms with Gasteiger partial charge < -0.3 is 4.74 Å². The molecule has 1 aliphatic carbocycles. The van der Waals surface area contributed by atoms with Crippen LogP contribution in [-0.4, -0.2) is 18.8 Å². The average molecular weight is 324 g/mol. The molecular weight excluding hydrogens is 298 g/mol. The van der Waals surface area contributed by atoms with Crippen LogP contribution in [0, 0.1) is 0 Å². The van der Waals surface area contributed by atoms with Gasteiger partial charge in [-0.3, -0.25) is 4.79 Å². The molecule has 0 aliphatic heterocycles. The number of Topliss-reactive ketones (excluding diaryl/α,β-unsaturated/α-hetero) is 1. The summed E-state index contributed by atoms with van der Waals surface area (Å²) >= 11 is 0. The standard InChI is InChI=1S/C19H26F2O2/c20-19(21)11-6-4-2-1-3-5-7-14-23-18-10-8-9-15-16(18)12-13-17(15)22/h8-10,19H,1-7,11-14H2. The van der Waals surface area contributed by atoms with E-state index < -0.39 is 6.43 Å². The zero-order valence-electron chi connectivity index (χ0n) is 13.7. The smallest absolute Gasteiger partial charge is 0.238 e. The third-order valence-corrected chi connectivity index (χ3v) is 4.36. The van der Waals surface area contributed by atoms with Crippen molar-refractivity contribution in [3.05, 3.63) is 29.3 Å². The van der Waals surface area contributed by atoms with E-state index in [1.165, 1.54) is 0 Å². The number of unbranched alkanes of at least 4 members (excludes halogenated alkanes) is 6. The van der Waals surface area contributed by atoms with Gasteiger partial charge in [0.25, 0.3) is 0 Å². The van der Waals surface area contributed by atoms with E-state index in [1.807, 2.05) is 18.2 Å². The van der Waals surface area contributed by atoms with E-state index in [9.17, 15) is 13.6 Å². The van der Waals surface area contributed by atoms with E-state index >= 15 is 0 Å². The molecule has 23 heavy (non-hydrogen) atoms. The van der Waals surface area contributed by atoms with Crippen LogP contribution in [0.25, 0.3) is 0 Å². The van der Waals surface area contributed by atoms with Crippen LogP contribution in [-0.2, 0) is 6.42 Å². The fourth-order valence-electron chi connectivity index (χ4n) is 3.06. The third-order valence-electron chi connectivity index (χ3n) is 4.36. The first-order valence-corrected chi connectivity index (χ1v) is 8.74. The number of hydrogen-bond acceptors (Lipinski definition) is 2. The number of ether oxygens (including phenoxy) is 1. The molecule has 0 atom stereocenters. The SMILES string of the molecule is O=C1CCc2c(OCCCCCCCCCC(F)F)cccc21. The highest BCUT2D eigenvalue weighted by molar-refractivity contribution is 6.01. The quantitative estimate of drug-likeness (QED) is 0.497. The number of fused-ring (bicyclic) bond motifs is 1. The van der Waals surface area contributed by atoms with Crippen molar-refractivity contribution in [3.8, 4) is 5.75 Å². The number of hydrogen-bond donors (Lipinski definition) is 0. The lowest BCUT2D eigenvalue weighted by molar-refractivity contribution is 0.0994. The summed E-state index contributed by atoms with van der Waals surface area (Å²) in [4.78, 5) is 11.7. The van der Waals surface area contributed by atoms with Crippen LogP contribution >= 0.6 is 0 Å². The van der Waals surface area contributed by atoms with Gasteiger partial charge in [0.15, 0.2) is 5.78 Å². The maximum absolute atomic E-state index is 12.0. The van der Waals surface area contributed by atoms with Gasteiger partial charge in [-0.1, -0.05) is 44.2 Å². The second-order valence-corrected chi connectivity index (χ2v) is 6.21. The Morgan fingerprint density at radius 2 is 1.65 bits per heavy atom. The summed E-state index contributed by atoms with van der Waals surface area (Å²) < 4.78 is 29.8. The predicted octanol–water partition coefficient (Wildman–Crippen LogP) is 5.58. The Balaban J connectivity index is 1.53. The molecule has 0 heterocycles. The van der Waals surface area contributed by atoms with Crippen LogP contribution in [0.1, 0.15) is 73.7 Å². The molecule has 2 rings (SSSR count). The Labute approximate surface area is 137 Å². The molecule has 4 heteroatoms. The monoisotopic (exact) mass is 324 g/mol. The predicted molar refractivity (Wildman–Crippen MR) is 87.5 cm³/mol. The lowest BCUT2D eigenvalue weighted by Gasteiger charge is -2.10. The van der Waals surface area contributed by atoms with Crippen molar-refractivity contribution in [1.82, 2.24) is 0 Å². The molecule has 0 radical (unpaired) electrons. The van der Waals surface area contributed by atoms with Gasteiger partial charge in [-0.05, 0) is 25.3 Å². The van der Waals surface area contributed by atoms with E-state index in [0.29, 0.717) is 19.4 Å². The first-order valence-electron chi connectivity index (χ1n) is 8.74. The molecule has 0 saturated heterocycles. The largest absolute Gasteiger partial charge is 0.493 e. The Kier molecular flexibility index (Phi) is 7.50. The summed E-state index contributed by atoms with van der Waals surface area (Å²) in [5, 5.41) is 0. The molecule has 0 amide bonds. The van der Waals surface area contributed by atoms with Crippen molar-refractivity contribution in [3.63, 3.8) is 0 Å². The fourth-order valence-corrected chi connectivity index (χ4v) is 3.06. The molecule has 128 valence electrons. The fraction of sp³-hybridized carbons (Fsp3) is 0.632. The van der Waals surface area contributed by atoms with Crippen molar-refractivity contribution in [2.24, 2.45) is 0 Å². The van der Waals surface area contributed by atoms with E-state index in [2.05, 4.69) is 0 Å². The number of ketones is 1. The van der Waals surface area contributed by atoms with Crippen LogP contribution in [0.2, 0.25) is 0 Å². The van der Waals surface area contributed by atoms with Crippen molar-refractivity contribution < 1.29 is 18.3 Å². The van der Waals surface area contributed by atoms with Gasteiger partial charge in [0.1, 0.15) is 5.75 Å². The Bertz CT molecular complexity index is 500. The summed E-state index contributed by atoms with van der Waals surface area (Å²) in [6, 6.07) is 5.71. The van der Waals surface area contributed by atoms with Gasteiger partial charge in [-0.25, -0.2) is 8.78 Å². The highest BCUT2D eigenvalue weighted by Crippen LogP contribution is 2.30. The Morgan fingerprint density at radius 3 is 2.39 bits per heavy atom. The van der Waals surface area contributed by atoms with Crippen molar-refractivity contribution in [1.29, 1.82) is 0 Å². The number of benzene rings is 1. The first kappa shape index (κ1) is 17.9. The van der Waals surface area contributed by atoms with E-state index in [4.69, 9.17) is 4.74 Å². The molecule has 0 fully saturated rings. The summed E-state index contributed by atoms with van der Waals surface area (Å²) in [7, 11) is 0. The van der Waals surface area contributed by atoms with Gasteiger partial charge in [0.05, 0.1) is 6.61 Å². The van der Waals surface area contributed by atoms with E-state index in [1.54, 1.807) is 0 Å². The highest BCUT2D eigenvalue weighted by atomic mass is 19.3. The number of alkyl halides is 2. The summed E-state index contributed by atoms with van der Waals surface area (Å²) in [5.74, 6) is 1.08. The lowest BCUT2D eigenvalue weighted by Crippen LogP contribution is -2.00. The second-order valence-electron chi connectivity index (χ2n) is 6.21. The van der Waals surface area contributed by atoms with Gasteiger partial charge >= 0.3 is 0 Å². The molecule has 0 aromatic heterocycles. The molecule has 1 aromatic carbocycles. The maximum atomic E-state index is 12.0. The van der Waals surface area contributed by atoms with Crippen molar-refractivity contribution in [2.75, 3.05) is 6.61 Å². The number of carbonyl (C=O) groups excluding carboxylic acids is 1. The van der Waals surface area contributed by atoms with Crippen molar-refractivity contribution >= 4 is 5.78 Å². The summed E-state index contributed by atoms with van der Waals surface area (Å²) in [6.45, 7) is 0.677.